The minimum Gasteiger partial charge on any atom is -0.416 e. The van der Waals surface area contributed by atoms with Gasteiger partial charge < -0.3 is 17.3 Å². The van der Waals surface area contributed by atoms with Crippen LogP contribution in [0, 0.1) is 0 Å². The molecule has 100 valence electrons. The SMILES string of the molecule is C[Si]1(C)O[Si](C)(C)O[Si](C)(Nc2ccccc2)O1. The molecule has 7 heteroatoms. The summed E-state index contributed by atoms with van der Waals surface area (Å²) in [6, 6.07) is 10.1. The van der Waals surface area contributed by atoms with Crippen molar-refractivity contribution in [2.45, 2.75) is 32.7 Å². The molecule has 1 aliphatic rings. The van der Waals surface area contributed by atoms with Crippen molar-refractivity contribution in [1.82, 2.24) is 0 Å². The highest BCUT2D eigenvalue weighted by atomic mass is 28.5. The maximum Gasteiger partial charge on any atom is 0.435 e. The second-order valence-electron chi connectivity index (χ2n) is 5.54. The minimum absolute atomic E-state index is 1.04. The molecule has 1 heterocycles. The van der Waals surface area contributed by atoms with Gasteiger partial charge in [0.15, 0.2) is 0 Å². The van der Waals surface area contributed by atoms with Gasteiger partial charge in [0.25, 0.3) is 0 Å². The number of nitrogens with one attached hydrogen (secondary N) is 1. The molecule has 1 aromatic rings. The van der Waals surface area contributed by atoms with Gasteiger partial charge in [0.1, 0.15) is 0 Å². The predicted octanol–water partition coefficient (Wildman–Crippen LogP) is 3.13. The van der Waals surface area contributed by atoms with Gasteiger partial charge in [-0.05, 0) is 44.9 Å². The van der Waals surface area contributed by atoms with Crippen molar-refractivity contribution in [3.63, 3.8) is 0 Å². The summed E-state index contributed by atoms with van der Waals surface area (Å²) in [4.78, 5) is 3.45. The van der Waals surface area contributed by atoms with E-state index in [-0.39, 0.29) is 0 Å². The molecule has 18 heavy (non-hydrogen) atoms. The summed E-state index contributed by atoms with van der Waals surface area (Å²) >= 11 is 0. The molecule has 0 aliphatic carbocycles. The second kappa shape index (κ2) is 4.58. The van der Waals surface area contributed by atoms with Crippen molar-refractivity contribution in [1.29, 1.82) is 0 Å². The molecule has 0 radical (unpaired) electrons. The Balaban J connectivity index is 2.19. The van der Waals surface area contributed by atoms with Crippen LogP contribution in [0.3, 0.4) is 0 Å². The zero-order chi connectivity index (χ0) is 13.4. The Morgan fingerprint density at radius 2 is 1.28 bits per heavy atom. The fraction of sp³-hybridized carbons (Fsp3) is 0.455. The summed E-state index contributed by atoms with van der Waals surface area (Å²) in [5.41, 5.74) is 1.04. The van der Waals surface area contributed by atoms with Gasteiger partial charge in [-0.25, -0.2) is 0 Å². The fourth-order valence-electron chi connectivity index (χ4n) is 2.43. The van der Waals surface area contributed by atoms with Gasteiger partial charge in [0.2, 0.25) is 0 Å². The monoisotopic (exact) mass is 299 g/mol. The van der Waals surface area contributed by atoms with E-state index >= 15 is 0 Å². The Kier molecular flexibility index (Phi) is 3.56. The average molecular weight is 300 g/mol. The Hall–Kier alpha value is -0.449. The average Bonchev–Trinajstić information content (AvgIpc) is 2.11. The standard InChI is InChI=1S/C11H21NO3Si3/c1-16(2)13-17(3,4)15-18(5,14-16)12-11-9-7-6-8-10-11/h6-10,12H,1-5H3. The summed E-state index contributed by atoms with van der Waals surface area (Å²) in [5, 5.41) is 0. The van der Waals surface area contributed by atoms with Crippen LogP contribution in [0.4, 0.5) is 5.69 Å². The third-order valence-electron chi connectivity index (χ3n) is 2.52. The second-order valence-corrected chi connectivity index (χ2v) is 15.7. The van der Waals surface area contributed by atoms with Crippen molar-refractivity contribution >= 4 is 31.5 Å². The normalized spacial score (nSPS) is 24.5. The third kappa shape index (κ3) is 3.53. The molecular formula is C11H21NO3Si3. The van der Waals surface area contributed by atoms with E-state index in [0.29, 0.717) is 0 Å². The number of hydrogen-bond donors (Lipinski definition) is 1. The Labute approximate surface area is 112 Å². The first kappa shape index (κ1) is 14.0. The Morgan fingerprint density at radius 1 is 0.778 bits per heavy atom. The third-order valence-corrected chi connectivity index (χ3v) is 14.2. The molecule has 0 aromatic heterocycles. The molecule has 0 amide bonds. The molecule has 4 nitrogen and oxygen atoms in total. The number of rotatable bonds is 2. The van der Waals surface area contributed by atoms with E-state index in [0.717, 1.165) is 5.69 Å². The van der Waals surface area contributed by atoms with Gasteiger partial charge in [0, 0.05) is 5.69 Å². The highest BCUT2D eigenvalue weighted by molar-refractivity contribution is 6.93. The van der Waals surface area contributed by atoms with Crippen molar-refractivity contribution < 1.29 is 12.3 Å². The van der Waals surface area contributed by atoms with E-state index in [1.54, 1.807) is 0 Å². The molecule has 2 rings (SSSR count). The molecule has 0 bridgehead atoms. The number of hydrogen-bond acceptors (Lipinski definition) is 4. The van der Waals surface area contributed by atoms with Gasteiger partial charge in [-0.2, -0.15) is 0 Å². The Bertz CT molecular complexity index is 409. The van der Waals surface area contributed by atoms with E-state index in [1.807, 2.05) is 30.3 Å². The summed E-state index contributed by atoms with van der Waals surface area (Å²) in [5.74, 6) is 0. The topological polar surface area (TPSA) is 39.7 Å². The van der Waals surface area contributed by atoms with E-state index < -0.39 is 25.8 Å². The summed E-state index contributed by atoms with van der Waals surface area (Å²) in [6.45, 7) is 10.4. The van der Waals surface area contributed by atoms with Gasteiger partial charge in [-0.3, -0.25) is 0 Å². The zero-order valence-corrected chi connectivity index (χ0v) is 14.6. The van der Waals surface area contributed by atoms with Gasteiger partial charge in [-0.15, -0.1) is 0 Å². The van der Waals surface area contributed by atoms with E-state index in [9.17, 15) is 0 Å². The maximum absolute atomic E-state index is 6.16. The van der Waals surface area contributed by atoms with E-state index in [2.05, 4.69) is 37.7 Å². The lowest BCUT2D eigenvalue weighted by Crippen LogP contribution is -2.68. The van der Waals surface area contributed by atoms with Crippen molar-refractivity contribution in [2.75, 3.05) is 4.98 Å². The van der Waals surface area contributed by atoms with Crippen LogP contribution in [0.25, 0.3) is 0 Å². The maximum atomic E-state index is 6.16. The molecule has 0 spiro atoms. The summed E-state index contributed by atoms with van der Waals surface area (Å²) in [7, 11) is -6.56. The first-order chi connectivity index (χ1) is 8.20. The number of para-hydroxylation sites is 1. The molecule has 0 unspecified atom stereocenters. The Morgan fingerprint density at radius 3 is 1.78 bits per heavy atom. The lowest BCUT2D eigenvalue weighted by molar-refractivity contribution is 0.238. The largest absolute Gasteiger partial charge is 0.435 e. The van der Waals surface area contributed by atoms with Gasteiger partial charge >= 0.3 is 25.8 Å². The highest BCUT2D eigenvalue weighted by Crippen LogP contribution is 2.30. The first-order valence-electron chi connectivity index (χ1n) is 6.14. The van der Waals surface area contributed by atoms with Gasteiger partial charge in [-0.1, -0.05) is 18.2 Å². The fourth-order valence-corrected chi connectivity index (χ4v) is 17.4. The van der Waals surface area contributed by atoms with E-state index in [4.69, 9.17) is 12.3 Å². The van der Waals surface area contributed by atoms with Crippen molar-refractivity contribution in [2.24, 2.45) is 0 Å². The molecule has 1 saturated heterocycles. The van der Waals surface area contributed by atoms with Crippen LogP contribution in [0.2, 0.25) is 32.7 Å². The molecule has 0 saturated carbocycles. The zero-order valence-electron chi connectivity index (χ0n) is 11.6. The van der Waals surface area contributed by atoms with Crippen LogP contribution in [0.15, 0.2) is 30.3 Å². The lowest BCUT2D eigenvalue weighted by Gasteiger charge is -2.47. The van der Waals surface area contributed by atoms with Crippen LogP contribution in [0.1, 0.15) is 0 Å². The van der Waals surface area contributed by atoms with Crippen LogP contribution in [-0.4, -0.2) is 25.8 Å². The van der Waals surface area contributed by atoms with Crippen molar-refractivity contribution in [3.8, 4) is 0 Å². The summed E-state index contributed by atoms with van der Waals surface area (Å²) in [6.07, 6.45) is 0. The van der Waals surface area contributed by atoms with Crippen LogP contribution in [-0.2, 0) is 12.3 Å². The molecule has 1 fully saturated rings. The molecule has 1 N–H and O–H groups in total. The van der Waals surface area contributed by atoms with Gasteiger partial charge in [0.05, 0.1) is 0 Å². The minimum atomic E-state index is -2.40. The van der Waals surface area contributed by atoms with Crippen LogP contribution in [0.5, 0.6) is 0 Å². The summed E-state index contributed by atoms with van der Waals surface area (Å²) < 4.78 is 18.3. The molecular weight excluding hydrogens is 278 g/mol. The first-order valence-corrected chi connectivity index (χ1v) is 14.1. The quantitative estimate of drug-likeness (QED) is 0.852. The molecule has 1 aromatic carbocycles. The molecule has 1 aliphatic heterocycles. The highest BCUT2D eigenvalue weighted by Gasteiger charge is 2.53. The predicted molar refractivity (Wildman–Crippen MR) is 79.9 cm³/mol. The smallest absolute Gasteiger partial charge is 0.416 e. The lowest BCUT2D eigenvalue weighted by atomic mass is 10.3. The van der Waals surface area contributed by atoms with Crippen LogP contribution >= 0.6 is 0 Å². The molecule has 0 atom stereocenters. The number of benzene rings is 1. The number of anilines is 1. The van der Waals surface area contributed by atoms with Crippen LogP contribution < -0.4 is 4.98 Å². The van der Waals surface area contributed by atoms with Crippen molar-refractivity contribution in [3.05, 3.63) is 30.3 Å². The van der Waals surface area contributed by atoms with E-state index in [1.165, 1.54) is 0 Å².